The molecule has 1 saturated carbocycles. The highest BCUT2D eigenvalue weighted by Gasteiger charge is 2.25. The van der Waals surface area contributed by atoms with Crippen molar-refractivity contribution in [2.24, 2.45) is 0 Å². The summed E-state index contributed by atoms with van der Waals surface area (Å²) in [7, 11) is 0. The average Bonchev–Trinajstić information content (AvgIpc) is 3.00. The van der Waals surface area contributed by atoms with Crippen molar-refractivity contribution in [2.75, 3.05) is 0 Å². The first-order chi connectivity index (χ1) is 6.70. The van der Waals surface area contributed by atoms with Gasteiger partial charge >= 0.3 is 0 Å². The van der Waals surface area contributed by atoms with E-state index in [1.807, 2.05) is 6.07 Å². The molecule has 14 heavy (non-hydrogen) atoms. The summed E-state index contributed by atoms with van der Waals surface area (Å²) >= 11 is 0. The highest BCUT2D eigenvalue weighted by atomic mass is 16.6. The van der Waals surface area contributed by atoms with Gasteiger partial charge in [0, 0.05) is 12.1 Å². The summed E-state index contributed by atoms with van der Waals surface area (Å²) in [5.41, 5.74) is 1.90. The minimum Gasteiger partial charge on any atom is -0.258 e. The lowest BCUT2D eigenvalue weighted by atomic mass is 10.1. The fourth-order valence-corrected chi connectivity index (χ4v) is 1.49. The predicted octanol–water partition coefficient (Wildman–Crippen LogP) is 2.81. The van der Waals surface area contributed by atoms with Crippen LogP contribution < -0.4 is 0 Å². The molecule has 1 aliphatic rings. The van der Waals surface area contributed by atoms with Gasteiger partial charge in [0.05, 0.1) is 4.92 Å². The number of nitro groups is 1. The molecule has 2 rings (SSSR count). The molecule has 1 aromatic carbocycles. The van der Waals surface area contributed by atoms with Crippen LogP contribution in [0.2, 0.25) is 0 Å². The molecular weight excluding hydrogens is 178 g/mol. The zero-order valence-corrected chi connectivity index (χ0v) is 7.69. The molecule has 0 unspecified atom stereocenters. The number of rotatable bonds is 3. The molecule has 0 saturated heterocycles. The van der Waals surface area contributed by atoms with Gasteiger partial charge in [-0.2, -0.15) is 0 Å². The lowest BCUT2D eigenvalue weighted by Gasteiger charge is -2.00. The summed E-state index contributed by atoms with van der Waals surface area (Å²) < 4.78 is 0. The van der Waals surface area contributed by atoms with Crippen LogP contribution >= 0.6 is 0 Å². The van der Waals surface area contributed by atoms with Crippen molar-refractivity contribution >= 4 is 5.69 Å². The molecule has 1 fully saturated rings. The van der Waals surface area contributed by atoms with Gasteiger partial charge in [0.1, 0.15) is 0 Å². The lowest BCUT2D eigenvalue weighted by molar-refractivity contribution is -0.384. The van der Waals surface area contributed by atoms with Gasteiger partial charge in [-0.1, -0.05) is 12.6 Å². The Morgan fingerprint density at radius 3 is 2.64 bits per heavy atom. The number of benzene rings is 1. The first-order valence-corrected chi connectivity index (χ1v) is 4.53. The van der Waals surface area contributed by atoms with Crippen molar-refractivity contribution in [2.45, 2.75) is 18.8 Å². The first kappa shape index (κ1) is 8.94. The largest absolute Gasteiger partial charge is 0.270 e. The van der Waals surface area contributed by atoms with E-state index in [0.29, 0.717) is 11.5 Å². The number of nitro benzene ring substituents is 1. The highest BCUT2D eigenvalue weighted by molar-refractivity contribution is 5.43. The molecule has 1 aromatic rings. The molecule has 0 amide bonds. The Kier molecular flexibility index (Phi) is 2.08. The Morgan fingerprint density at radius 1 is 1.43 bits per heavy atom. The maximum atomic E-state index is 10.6. The SMILES string of the molecule is C=[C]c1cc(C2CC2)cc([N+](=O)[O-])c1. The average molecular weight is 188 g/mol. The first-order valence-electron chi connectivity index (χ1n) is 4.53. The van der Waals surface area contributed by atoms with E-state index in [4.69, 9.17) is 0 Å². The Balaban J connectivity index is 2.45. The fourth-order valence-electron chi connectivity index (χ4n) is 1.49. The summed E-state index contributed by atoms with van der Waals surface area (Å²) in [4.78, 5) is 10.3. The number of nitrogens with zero attached hydrogens (tertiary/aromatic N) is 1. The number of non-ortho nitro benzene ring substituents is 1. The molecular formula is C11H10NO2. The summed E-state index contributed by atoms with van der Waals surface area (Å²) in [5.74, 6) is 0.516. The van der Waals surface area contributed by atoms with E-state index in [1.54, 1.807) is 6.07 Å². The van der Waals surface area contributed by atoms with Crippen LogP contribution in [0, 0.1) is 16.2 Å². The third-order valence-electron chi connectivity index (χ3n) is 2.40. The molecule has 3 heteroatoms. The zero-order chi connectivity index (χ0) is 10.1. The molecule has 0 bridgehead atoms. The minimum atomic E-state index is -0.368. The quantitative estimate of drug-likeness (QED) is 0.540. The highest BCUT2D eigenvalue weighted by Crippen LogP contribution is 2.41. The lowest BCUT2D eigenvalue weighted by Crippen LogP contribution is -1.91. The van der Waals surface area contributed by atoms with Gasteiger partial charge in [-0.3, -0.25) is 10.1 Å². The molecule has 0 aromatic heterocycles. The van der Waals surface area contributed by atoms with Crippen molar-refractivity contribution in [3.8, 4) is 0 Å². The van der Waals surface area contributed by atoms with Gasteiger partial charge in [0.2, 0.25) is 0 Å². The second-order valence-electron chi connectivity index (χ2n) is 3.52. The smallest absolute Gasteiger partial charge is 0.258 e. The Hall–Kier alpha value is -1.64. The van der Waals surface area contributed by atoms with Gasteiger partial charge in [-0.25, -0.2) is 0 Å². The van der Waals surface area contributed by atoms with Gasteiger partial charge in [0.25, 0.3) is 5.69 Å². The van der Waals surface area contributed by atoms with E-state index in [9.17, 15) is 10.1 Å². The van der Waals surface area contributed by atoms with Crippen LogP contribution in [0.15, 0.2) is 24.8 Å². The van der Waals surface area contributed by atoms with Crippen molar-refractivity contribution in [1.29, 1.82) is 0 Å². The second-order valence-corrected chi connectivity index (χ2v) is 3.52. The third-order valence-corrected chi connectivity index (χ3v) is 2.40. The molecule has 0 spiro atoms. The van der Waals surface area contributed by atoms with Gasteiger partial charge in [-0.15, -0.1) is 0 Å². The molecule has 0 heterocycles. The maximum absolute atomic E-state index is 10.6. The molecule has 71 valence electrons. The van der Waals surface area contributed by atoms with Crippen molar-refractivity contribution < 1.29 is 4.92 Å². The fraction of sp³-hybridized carbons (Fsp3) is 0.273. The van der Waals surface area contributed by atoms with E-state index >= 15 is 0 Å². The summed E-state index contributed by atoms with van der Waals surface area (Å²) in [5, 5.41) is 10.6. The maximum Gasteiger partial charge on any atom is 0.270 e. The Morgan fingerprint density at radius 2 is 2.14 bits per heavy atom. The van der Waals surface area contributed by atoms with Crippen molar-refractivity contribution in [1.82, 2.24) is 0 Å². The van der Waals surface area contributed by atoms with Gasteiger partial charge < -0.3 is 0 Å². The van der Waals surface area contributed by atoms with Crippen LogP contribution in [0.1, 0.15) is 29.9 Å². The topological polar surface area (TPSA) is 43.1 Å². The van der Waals surface area contributed by atoms with E-state index in [-0.39, 0.29) is 10.6 Å². The molecule has 1 radical (unpaired) electrons. The number of hydrogen-bond acceptors (Lipinski definition) is 2. The molecule has 1 aliphatic carbocycles. The zero-order valence-electron chi connectivity index (χ0n) is 7.69. The summed E-state index contributed by atoms with van der Waals surface area (Å²) in [6.07, 6.45) is 4.96. The van der Waals surface area contributed by atoms with Crippen molar-refractivity contribution in [3.63, 3.8) is 0 Å². The van der Waals surface area contributed by atoms with E-state index < -0.39 is 0 Å². The molecule has 0 aliphatic heterocycles. The van der Waals surface area contributed by atoms with Crippen LogP contribution in [0.4, 0.5) is 5.69 Å². The van der Waals surface area contributed by atoms with Crippen molar-refractivity contribution in [3.05, 3.63) is 52.1 Å². The van der Waals surface area contributed by atoms with E-state index in [2.05, 4.69) is 12.7 Å². The molecule has 0 N–H and O–H groups in total. The third kappa shape index (κ3) is 1.66. The monoisotopic (exact) mass is 188 g/mol. The molecule has 3 nitrogen and oxygen atoms in total. The number of hydrogen-bond donors (Lipinski definition) is 0. The minimum absolute atomic E-state index is 0.139. The Labute approximate surface area is 82.2 Å². The molecule has 0 atom stereocenters. The summed E-state index contributed by atoms with van der Waals surface area (Å²) in [6, 6.07) is 5.08. The van der Waals surface area contributed by atoms with Crippen LogP contribution in [-0.4, -0.2) is 4.92 Å². The second kappa shape index (κ2) is 3.25. The van der Waals surface area contributed by atoms with Crippen LogP contribution in [0.5, 0.6) is 0 Å². The standard InChI is InChI=1S/C11H10NO2/c1-2-8-5-10(9-3-4-9)7-11(6-8)12(13)14/h5-7,9H,1,3-4H2. The predicted molar refractivity (Wildman–Crippen MR) is 53.0 cm³/mol. The van der Waals surface area contributed by atoms with Gasteiger partial charge in [-0.05, 0) is 36.0 Å². The normalized spacial score (nSPS) is 15.1. The van der Waals surface area contributed by atoms with Gasteiger partial charge in [0.15, 0.2) is 0 Å². The van der Waals surface area contributed by atoms with E-state index in [0.717, 1.165) is 18.4 Å². The Bertz CT molecular complexity index is 394. The van der Waals surface area contributed by atoms with Crippen LogP contribution in [0.3, 0.4) is 0 Å². The van der Waals surface area contributed by atoms with Crippen LogP contribution in [-0.2, 0) is 0 Å². The van der Waals surface area contributed by atoms with E-state index in [1.165, 1.54) is 6.07 Å². The van der Waals surface area contributed by atoms with Crippen LogP contribution in [0.25, 0.3) is 0 Å². The summed E-state index contributed by atoms with van der Waals surface area (Å²) in [6.45, 7) is 3.50.